The molecule has 0 unspecified atom stereocenters. The van der Waals surface area contributed by atoms with Gasteiger partial charge in [0.1, 0.15) is 23.5 Å². The van der Waals surface area contributed by atoms with Gasteiger partial charge >= 0.3 is 6.18 Å². The van der Waals surface area contributed by atoms with Crippen LogP contribution in [0.25, 0.3) is 22.8 Å². The monoisotopic (exact) mass is 522 g/mol. The first-order valence-corrected chi connectivity index (χ1v) is 12.0. The number of alkyl halides is 3. The zero-order valence-electron chi connectivity index (χ0n) is 20.8. The first kappa shape index (κ1) is 25.3. The van der Waals surface area contributed by atoms with Gasteiger partial charge in [-0.1, -0.05) is 30.7 Å². The van der Waals surface area contributed by atoms with Crippen LogP contribution in [-0.2, 0) is 19.8 Å². The van der Waals surface area contributed by atoms with Gasteiger partial charge in [-0.05, 0) is 18.4 Å². The van der Waals surface area contributed by atoms with Crippen molar-refractivity contribution >= 4 is 12.0 Å². The van der Waals surface area contributed by atoms with Crippen LogP contribution in [-0.4, -0.2) is 42.8 Å². The van der Waals surface area contributed by atoms with Crippen molar-refractivity contribution in [1.29, 1.82) is 5.41 Å². The Morgan fingerprint density at radius 3 is 2.50 bits per heavy atom. The summed E-state index contributed by atoms with van der Waals surface area (Å²) < 4.78 is 45.9. The molecule has 3 aromatic heterocycles. The van der Waals surface area contributed by atoms with Crippen LogP contribution in [0.4, 0.5) is 19.0 Å². The van der Waals surface area contributed by atoms with Crippen molar-refractivity contribution in [2.24, 2.45) is 7.05 Å². The Hall–Kier alpha value is -4.35. The lowest BCUT2D eigenvalue weighted by Gasteiger charge is -2.26. The highest BCUT2D eigenvalue weighted by Gasteiger charge is 2.34. The summed E-state index contributed by atoms with van der Waals surface area (Å²) >= 11 is 0. The van der Waals surface area contributed by atoms with Crippen LogP contribution in [0.1, 0.15) is 47.7 Å². The average molecular weight is 523 g/mol. The van der Waals surface area contributed by atoms with Gasteiger partial charge in [-0.25, -0.2) is 24.9 Å². The van der Waals surface area contributed by atoms with Gasteiger partial charge in [-0.15, -0.1) is 0 Å². The second-order valence-corrected chi connectivity index (χ2v) is 9.02. The molecule has 0 amide bonds. The zero-order valence-corrected chi connectivity index (χ0v) is 20.8. The normalized spacial score (nSPS) is 13.7. The summed E-state index contributed by atoms with van der Waals surface area (Å²) in [5, 5.41) is 11.0. The molecule has 0 saturated heterocycles. The maximum Gasteiger partial charge on any atom is 0.434 e. The van der Waals surface area contributed by atoms with Crippen molar-refractivity contribution in [2.45, 2.75) is 37.9 Å². The van der Waals surface area contributed by atoms with Gasteiger partial charge in [0.2, 0.25) is 5.88 Å². The minimum atomic E-state index is -4.50. The molecule has 1 aliphatic carbocycles. The number of aryl methyl sites for hydroxylation is 1. The highest BCUT2D eigenvalue weighted by molar-refractivity contribution is 5.84. The number of rotatable bonds is 8. The molecule has 0 atom stereocenters. The van der Waals surface area contributed by atoms with Crippen molar-refractivity contribution in [3.05, 3.63) is 65.5 Å². The third kappa shape index (κ3) is 4.93. The van der Waals surface area contributed by atoms with Crippen molar-refractivity contribution in [3.8, 4) is 28.7 Å². The van der Waals surface area contributed by atoms with Crippen molar-refractivity contribution in [2.75, 3.05) is 12.4 Å². The van der Waals surface area contributed by atoms with E-state index >= 15 is 0 Å². The molecular formula is C26H25F3N8O. The van der Waals surface area contributed by atoms with Crippen LogP contribution in [0.3, 0.4) is 0 Å². The second kappa shape index (κ2) is 10.2. The maximum absolute atomic E-state index is 13.0. The standard InChI is InChI=1S/C26H25F3N8O/c1-37-13-19(26(27,28)29)35-24(37)17-8-6-15(7-9-17)11-31-22-18(10-30)12-32-23(36-22)20-21(16-4-3-5-16)33-14-34-25(20)38-2/h6-10,12-14,16,30H,3-5,11H2,1-2H3,(H,31,32,36). The van der Waals surface area contributed by atoms with Gasteiger partial charge in [-0.3, -0.25) is 0 Å². The van der Waals surface area contributed by atoms with Crippen molar-refractivity contribution in [3.63, 3.8) is 0 Å². The summed E-state index contributed by atoms with van der Waals surface area (Å²) in [4.78, 5) is 21.6. The number of hydrogen-bond donors (Lipinski definition) is 2. The summed E-state index contributed by atoms with van der Waals surface area (Å²) in [6.45, 7) is 0.365. The largest absolute Gasteiger partial charge is 0.480 e. The predicted molar refractivity (Wildman–Crippen MR) is 135 cm³/mol. The SMILES string of the molecule is COc1ncnc(C2CCC2)c1-c1ncc(C=N)c(NCc2ccc(-c3nc(C(F)(F)F)cn3C)cc2)n1. The Bertz CT molecular complexity index is 1460. The Kier molecular flexibility index (Phi) is 6.79. The molecular weight excluding hydrogens is 497 g/mol. The van der Waals surface area contributed by atoms with Crippen LogP contribution >= 0.6 is 0 Å². The fraction of sp³-hybridized carbons (Fsp3) is 0.308. The quantitative estimate of drug-likeness (QED) is 0.304. The Morgan fingerprint density at radius 1 is 1.13 bits per heavy atom. The molecule has 4 aromatic rings. The van der Waals surface area contributed by atoms with E-state index in [0.717, 1.165) is 36.7 Å². The summed E-state index contributed by atoms with van der Waals surface area (Å²) in [7, 11) is 3.07. The molecule has 0 radical (unpaired) electrons. The topological polar surface area (TPSA) is 114 Å². The van der Waals surface area contributed by atoms with Crippen LogP contribution in [0.5, 0.6) is 5.88 Å². The minimum Gasteiger partial charge on any atom is -0.480 e. The predicted octanol–water partition coefficient (Wildman–Crippen LogP) is 5.24. The number of nitrogens with zero attached hydrogens (tertiary/aromatic N) is 6. The van der Waals surface area contributed by atoms with Gasteiger partial charge in [0, 0.05) is 43.7 Å². The highest BCUT2D eigenvalue weighted by atomic mass is 19.4. The van der Waals surface area contributed by atoms with Crippen molar-refractivity contribution < 1.29 is 17.9 Å². The lowest BCUT2D eigenvalue weighted by atomic mass is 9.81. The van der Waals surface area contributed by atoms with E-state index in [-0.39, 0.29) is 5.82 Å². The number of benzene rings is 1. The number of halogens is 3. The van der Waals surface area contributed by atoms with E-state index in [1.54, 1.807) is 37.6 Å². The number of nitrogens with one attached hydrogen (secondary N) is 2. The molecule has 0 aliphatic heterocycles. The summed E-state index contributed by atoms with van der Waals surface area (Å²) in [5.74, 6) is 1.79. The molecule has 196 valence electrons. The van der Waals surface area contributed by atoms with Gasteiger partial charge in [0.25, 0.3) is 0 Å². The Balaban J connectivity index is 1.39. The fourth-order valence-electron chi connectivity index (χ4n) is 4.33. The molecule has 0 bridgehead atoms. The lowest BCUT2D eigenvalue weighted by molar-refractivity contribution is -0.140. The molecule has 5 rings (SSSR count). The average Bonchev–Trinajstić information content (AvgIpc) is 3.28. The molecule has 38 heavy (non-hydrogen) atoms. The van der Waals surface area contributed by atoms with Gasteiger partial charge in [0.05, 0.1) is 18.4 Å². The van der Waals surface area contributed by atoms with Gasteiger partial charge in [0.15, 0.2) is 11.5 Å². The number of aromatic nitrogens is 6. The minimum absolute atomic E-state index is 0.227. The fourth-order valence-corrected chi connectivity index (χ4v) is 4.33. The number of anilines is 1. The molecule has 12 heteroatoms. The lowest BCUT2D eigenvalue weighted by Crippen LogP contribution is -2.14. The van der Waals surface area contributed by atoms with E-state index in [9.17, 15) is 13.2 Å². The Labute approximate surface area is 216 Å². The molecule has 1 fully saturated rings. The molecule has 9 nitrogen and oxygen atoms in total. The molecule has 2 N–H and O–H groups in total. The highest BCUT2D eigenvalue weighted by Crippen LogP contribution is 2.42. The third-order valence-electron chi connectivity index (χ3n) is 6.56. The van der Waals surface area contributed by atoms with Crippen LogP contribution < -0.4 is 10.1 Å². The third-order valence-corrected chi connectivity index (χ3v) is 6.56. The Morgan fingerprint density at radius 2 is 1.89 bits per heavy atom. The first-order chi connectivity index (χ1) is 18.3. The summed E-state index contributed by atoms with van der Waals surface area (Å²) in [6, 6.07) is 7.05. The maximum atomic E-state index is 13.0. The zero-order chi connectivity index (χ0) is 26.9. The summed E-state index contributed by atoms with van der Waals surface area (Å²) in [5.41, 5.74) is 2.51. The van der Waals surface area contributed by atoms with E-state index in [4.69, 9.17) is 10.1 Å². The van der Waals surface area contributed by atoms with E-state index in [0.29, 0.717) is 46.7 Å². The second-order valence-electron chi connectivity index (χ2n) is 9.02. The molecule has 1 aliphatic rings. The molecule has 3 heterocycles. The number of ether oxygens (including phenoxy) is 1. The molecule has 1 aromatic carbocycles. The molecule has 1 saturated carbocycles. The van der Waals surface area contributed by atoms with E-state index in [2.05, 4.69) is 30.2 Å². The van der Waals surface area contributed by atoms with E-state index in [1.807, 2.05) is 0 Å². The smallest absolute Gasteiger partial charge is 0.434 e. The number of methoxy groups -OCH3 is 1. The van der Waals surface area contributed by atoms with Crippen LogP contribution in [0, 0.1) is 5.41 Å². The van der Waals surface area contributed by atoms with E-state index < -0.39 is 11.9 Å². The van der Waals surface area contributed by atoms with Crippen LogP contribution in [0.15, 0.2) is 43.0 Å². The molecule has 0 spiro atoms. The first-order valence-electron chi connectivity index (χ1n) is 12.0. The van der Waals surface area contributed by atoms with E-state index in [1.165, 1.54) is 24.2 Å². The van der Waals surface area contributed by atoms with Gasteiger partial charge < -0.3 is 20.0 Å². The summed E-state index contributed by atoms with van der Waals surface area (Å²) in [6.07, 6.45) is 3.89. The number of imidazole rings is 1. The van der Waals surface area contributed by atoms with Crippen molar-refractivity contribution in [1.82, 2.24) is 29.5 Å². The van der Waals surface area contributed by atoms with Gasteiger partial charge in [-0.2, -0.15) is 13.2 Å². The van der Waals surface area contributed by atoms with Crippen LogP contribution in [0.2, 0.25) is 0 Å². The number of hydrogen-bond acceptors (Lipinski definition) is 8.